The minimum Gasteiger partial charge on any atom is -0.399 e. The van der Waals surface area contributed by atoms with Crippen molar-refractivity contribution >= 4 is 32.4 Å². The fraction of sp³-hybridized carbons (Fsp3) is 0.417. The molecular weight excluding hydrogens is 234 g/mol. The number of aromatic nitrogens is 1. The highest BCUT2D eigenvalue weighted by molar-refractivity contribution is 7.22. The van der Waals surface area contributed by atoms with Crippen LogP contribution < -0.4 is 10.6 Å². The highest BCUT2D eigenvalue weighted by Gasteiger charge is 2.49. The summed E-state index contributed by atoms with van der Waals surface area (Å²) in [6.07, 6.45) is 0. The Hall–Kier alpha value is -1.33. The summed E-state index contributed by atoms with van der Waals surface area (Å²) in [5.41, 5.74) is 7.99. The first-order valence-corrected chi connectivity index (χ1v) is 6.55. The minimum absolute atomic E-state index is 0.441. The van der Waals surface area contributed by atoms with E-state index in [1.165, 1.54) is 4.70 Å². The molecule has 3 heterocycles. The topological polar surface area (TPSA) is 51.4 Å². The second-order valence-electron chi connectivity index (χ2n) is 5.07. The second kappa shape index (κ2) is 3.11. The first-order valence-electron chi connectivity index (χ1n) is 5.73. The van der Waals surface area contributed by atoms with Crippen molar-refractivity contribution in [3.63, 3.8) is 0 Å². The van der Waals surface area contributed by atoms with Crippen molar-refractivity contribution in [2.24, 2.45) is 5.41 Å². The molecule has 0 bridgehead atoms. The normalized spacial score (nSPS) is 21.5. The third-order valence-electron chi connectivity index (χ3n) is 3.54. The number of hydrogen-bond acceptors (Lipinski definition) is 5. The van der Waals surface area contributed by atoms with E-state index in [2.05, 4.69) is 9.88 Å². The number of anilines is 2. The van der Waals surface area contributed by atoms with Crippen molar-refractivity contribution in [3.05, 3.63) is 18.2 Å². The van der Waals surface area contributed by atoms with E-state index in [1.54, 1.807) is 11.3 Å². The standard InChI is InChI=1S/C12H13N3OS/c13-8-1-2-10-9(3-8)14-11(17-10)15-4-12(5-15)6-16-7-12/h1-3H,4-7,13H2. The van der Waals surface area contributed by atoms with Gasteiger partial charge >= 0.3 is 0 Å². The molecule has 5 heteroatoms. The van der Waals surface area contributed by atoms with Crippen LogP contribution in [0, 0.1) is 5.41 Å². The molecule has 0 saturated carbocycles. The van der Waals surface area contributed by atoms with E-state index in [0.717, 1.165) is 42.6 Å². The van der Waals surface area contributed by atoms with E-state index in [0.29, 0.717) is 5.41 Å². The molecule has 2 aliphatic heterocycles. The van der Waals surface area contributed by atoms with Gasteiger partial charge in [0.15, 0.2) is 5.13 Å². The Morgan fingerprint density at radius 3 is 2.88 bits per heavy atom. The maximum atomic E-state index is 5.76. The number of rotatable bonds is 1. The van der Waals surface area contributed by atoms with Gasteiger partial charge in [-0.3, -0.25) is 0 Å². The summed E-state index contributed by atoms with van der Waals surface area (Å²) >= 11 is 1.74. The molecule has 4 nitrogen and oxygen atoms in total. The quantitative estimate of drug-likeness (QED) is 0.779. The van der Waals surface area contributed by atoms with Gasteiger partial charge in [0.2, 0.25) is 0 Å². The van der Waals surface area contributed by atoms with Gasteiger partial charge in [0.05, 0.1) is 28.8 Å². The minimum atomic E-state index is 0.441. The van der Waals surface area contributed by atoms with E-state index < -0.39 is 0 Å². The Balaban J connectivity index is 1.64. The zero-order valence-electron chi connectivity index (χ0n) is 9.35. The van der Waals surface area contributed by atoms with E-state index >= 15 is 0 Å². The Kier molecular flexibility index (Phi) is 1.77. The molecule has 2 saturated heterocycles. The van der Waals surface area contributed by atoms with Gasteiger partial charge in [0, 0.05) is 18.8 Å². The number of nitrogens with two attached hydrogens (primary N) is 1. The van der Waals surface area contributed by atoms with Crippen molar-refractivity contribution in [1.82, 2.24) is 4.98 Å². The Bertz CT molecular complexity index is 582. The zero-order chi connectivity index (χ0) is 11.5. The molecular formula is C12H13N3OS. The lowest BCUT2D eigenvalue weighted by atomic mass is 9.78. The monoisotopic (exact) mass is 247 g/mol. The lowest BCUT2D eigenvalue weighted by Crippen LogP contribution is -2.66. The van der Waals surface area contributed by atoms with Crippen LogP contribution in [0.1, 0.15) is 0 Å². The van der Waals surface area contributed by atoms with Gasteiger partial charge in [-0.15, -0.1) is 0 Å². The number of thiazole rings is 1. The Morgan fingerprint density at radius 2 is 2.18 bits per heavy atom. The van der Waals surface area contributed by atoms with Crippen LogP contribution >= 0.6 is 11.3 Å². The van der Waals surface area contributed by atoms with Gasteiger partial charge in [-0.25, -0.2) is 4.98 Å². The lowest BCUT2D eigenvalue weighted by Gasteiger charge is -2.54. The maximum absolute atomic E-state index is 5.76. The van der Waals surface area contributed by atoms with Crippen molar-refractivity contribution < 1.29 is 4.74 Å². The summed E-state index contributed by atoms with van der Waals surface area (Å²) in [6, 6.07) is 5.92. The van der Waals surface area contributed by atoms with Crippen LogP contribution in [-0.4, -0.2) is 31.3 Å². The number of nitrogen functional groups attached to an aromatic ring is 1. The highest BCUT2D eigenvalue weighted by atomic mass is 32.1. The largest absolute Gasteiger partial charge is 0.399 e. The molecule has 88 valence electrons. The Labute approximate surface area is 103 Å². The summed E-state index contributed by atoms with van der Waals surface area (Å²) in [5, 5.41) is 1.11. The van der Waals surface area contributed by atoms with Gasteiger partial charge < -0.3 is 15.4 Å². The maximum Gasteiger partial charge on any atom is 0.186 e. The molecule has 17 heavy (non-hydrogen) atoms. The first kappa shape index (κ1) is 9.67. The van der Waals surface area contributed by atoms with Crippen LogP contribution in [-0.2, 0) is 4.74 Å². The average molecular weight is 247 g/mol. The molecule has 4 rings (SSSR count). The average Bonchev–Trinajstić information content (AvgIpc) is 2.55. The lowest BCUT2D eigenvalue weighted by molar-refractivity contribution is -0.127. The summed E-state index contributed by atoms with van der Waals surface area (Å²) in [7, 11) is 0. The zero-order valence-corrected chi connectivity index (χ0v) is 10.2. The molecule has 0 unspecified atom stereocenters. The molecule has 1 aromatic carbocycles. The van der Waals surface area contributed by atoms with E-state index in [-0.39, 0.29) is 0 Å². The second-order valence-corrected chi connectivity index (χ2v) is 6.08. The summed E-state index contributed by atoms with van der Waals surface area (Å²) in [6.45, 7) is 4.01. The molecule has 1 spiro atoms. The van der Waals surface area contributed by atoms with Crippen molar-refractivity contribution in [2.45, 2.75) is 0 Å². The molecule has 0 radical (unpaired) electrons. The van der Waals surface area contributed by atoms with Gasteiger partial charge in [0.25, 0.3) is 0 Å². The van der Waals surface area contributed by atoms with Gasteiger partial charge in [-0.1, -0.05) is 11.3 Å². The SMILES string of the molecule is Nc1ccc2sc(N3CC4(COC4)C3)nc2c1. The Morgan fingerprint density at radius 1 is 1.35 bits per heavy atom. The summed E-state index contributed by atoms with van der Waals surface area (Å²) < 4.78 is 6.49. The number of benzene rings is 1. The molecule has 0 aliphatic carbocycles. The summed E-state index contributed by atoms with van der Waals surface area (Å²) in [4.78, 5) is 6.98. The smallest absolute Gasteiger partial charge is 0.186 e. The fourth-order valence-corrected chi connectivity index (χ4v) is 3.48. The van der Waals surface area contributed by atoms with Gasteiger partial charge in [0.1, 0.15) is 0 Å². The molecule has 0 amide bonds. The third kappa shape index (κ3) is 1.36. The first-order chi connectivity index (χ1) is 8.24. The molecule has 2 aliphatic rings. The molecule has 2 N–H and O–H groups in total. The highest BCUT2D eigenvalue weighted by Crippen LogP contribution is 2.42. The van der Waals surface area contributed by atoms with Crippen LogP contribution in [0.15, 0.2) is 18.2 Å². The van der Waals surface area contributed by atoms with E-state index in [9.17, 15) is 0 Å². The third-order valence-corrected chi connectivity index (χ3v) is 4.64. The molecule has 1 aromatic heterocycles. The van der Waals surface area contributed by atoms with E-state index in [4.69, 9.17) is 10.5 Å². The van der Waals surface area contributed by atoms with Gasteiger partial charge in [-0.05, 0) is 18.2 Å². The van der Waals surface area contributed by atoms with E-state index in [1.807, 2.05) is 18.2 Å². The van der Waals surface area contributed by atoms with Crippen molar-refractivity contribution in [2.75, 3.05) is 36.9 Å². The fourth-order valence-electron chi connectivity index (χ4n) is 2.54. The molecule has 2 aromatic rings. The predicted molar refractivity (Wildman–Crippen MR) is 69.5 cm³/mol. The van der Waals surface area contributed by atoms with Crippen LogP contribution in [0.5, 0.6) is 0 Å². The van der Waals surface area contributed by atoms with Crippen LogP contribution in [0.4, 0.5) is 10.8 Å². The summed E-state index contributed by atoms with van der Waals surface area (Å²) in [5.74, 6) is 0. The molecule has 2 fully saturated rings. The van der Waals surface area contributed by atoms with Crippen LogP contribution in [0.2, 0.25) is 0 Å². The number of fused-ring (bicyclic) bond motifs is 1. The number of hydrogen-bond donors (Lipinski definition) is 1. The van der Waals surface area contributed by atoms with Crippen LogP contribution in [0.25, 0.3) is 10.2 Å². The number of nitrogens with zero attached hydrogens (tertiary/aromatic N) is 2. The molecule has 0 atom stereocenters. The van der Waals surface area contributed by atoms with Crippen LogP contribution in [0.3, 0.4) is 0 Å². The van der Waals surface area contributed by atoms with Crippen molar-refractivity contribution in [3.8, 4) is 0 Å². The predicted octanol–water partition coefficient (Wildman–Crippen LogP) is 1.72. The number of ether oxygens (including phenoxy) is 1. The van der Waals surface area contributed by atoms with Crippen molar-refractivity contribution in [1.29, 1.82) is 0 Å². The van der Waals surface area contributed by atoms with Gasteiger partial charge in [-0.2, -0.15) is 0 Å².